The van der Waals surface area contributed by atoms with Crippen molar-refractivity contribution in [1.82, 2.24) is 20.1 Å². The lowest BCUT2D eigenvalue weighted by molar-refractivity contribution is 0.0527. The van der Waals surface area contributed by atoms with Crippen LogP contribution < -0.4 is 10.6 Å². The number of aromatic nitrogens is 3. The molecule has 0 aliphatic carbocycles. The number of benzene rings is 1. The van der Waals surface area contributed by atoms with Crippen LogP contribution in [-0.2, 0) is 4.74 Å². The average Bonchev–Trinajstić information content (AvgIpc) is 3.05. The zero-order valence-electron chi connectivity index (χ0n) is 14.5. The number of rotatable bonds is 5. The second-order valence-corrected chi connectivity index (χ2v) is 5.79. The van der Waals surface area contributed by atoms with Crippen LogP contribution in [0.5, 0.6) is 0 Å². The second-order valence-electron chi connectivity index (χ2n) is 5.39. The smallest absolute Gasteiger partial charge is 0.343 e. The van der Waals surface area contributed by atoms with Gasteiger partial charge in [-0.05, 0) is 44.3 Å². The average molecular weight is 369 g/mol. The topological polar surface area (TPSA) is 81.1 Å². The van der Waals surface area contributed by atoms with Crippen LogP contribution in [0, 0.1) is 0 Å². The van der Waals surface area contributed by atoms with Crippen LogP contribution in [0.1, 0.15) is 24.2 Å². The summed E-state index contributed by atoms with van der Waals surface area (Å²) in [6.07, 6.45) is 1.45. The molecular weight excluding hydrogens is 350 g/mol. The first-order valence-corrected chi connectivity index (χ1v) is 8.71. The maximum atomic E-state index is 12.3. The highest BCUT2D eigenvalue weighted by atomic mass is 32.1. The Balaban J connectivity index is 2.06. The molecule has 0 unspecified atom stereocenters. The Labute approximate surface area is 156 Å². The van der Waals surface area contributed by atoms with E-state index in [1.165, 1.54) is 6.20 Å². The number of anilines is 1. The second kappa shape index (κ2) is 7.92. The Morgan fingerprint density at radius 2 is 2.04 bits per heavy atom. The summed E-state index contributed by atoms with van der Waals surface area (Å²) in [4.78, 5) is 16.9. The molecule has 0 fully saturated rings. The third kappa shape index (κ3) is 3.65. The van der Waals surface area contributed by atoms with E-state index < -0.39 is 5.97 Å². The van der Waals surface area contributed by atoms with E-state index in [9.17, 15) is 4.79 Å². The van der Waals surface area contributed by atoms with E-state index in [0.29, 0.717) is 28.9 Å². The summed E-state index contributed by atoms with van der Waals surface area (Å²) in [5.74, 6) is 0.513. The van der Waals surface area contributed by atoms with Gasteiger partial charge in [-0.2, -0.15) is 9.78 Å². The Bertz CT molecular complexity index is 954. The molecule has 0 spiro atoms. The van der Waals surface area contributed by atoms with E-state index in [4.69, 9.17) is 17.0 Å². The molecule has 3 aromatic rings. The third-order valence-electron chi connectivity index (χ3n) is 3.63. The van der Waals surface area contributed by atoms with E-state index in [1.807, 2.05) is 43.3 Å². The third-order valence-corrected chi connectivity index (χ3v) is 3.88. The number of nitrogens with one attached hydrogen (secondary N) is 2. The van der Waals surface area contributed by atoms with Crippen molar-refractivity contribution in [2.24, 2.45) is 0 Å². The van der Waals surface area contributed by atoms with E-state index in [0.717, 1.165) is 10.9 Å². The summed E-state index contributed by atoms with van der Waals surface area (Å²) >= 11 is 5.26. The summed E-state index contributed by atoms with van der Waals surface area (Å²) in [7, 11) is 0. The quantitative estimate of drug-likeness (QED) is 0.529. The van der Waals surface area contributed by atoms with Crippen molar-refractivity contribution in [3.05, 3.63) is 48.2 Å². The molecule has 0 amide bonds. The van der Waals surface area contributed by atoms with Gasteiger partial charge in [-0.1, -0.05) is 18.2 Å². The molecule has 8 heteroatoms. The van der Waals surface area contributed by atoms with Gasteiger partial charge in [-0.3, -0.25) is 0 Å². The highest BCUT2D eigenvalue weighted by molar-refractivity contribution is 7.80. The number of hydrogen-bond donors (Lipinski definition) is 2. The number of pyridine rings is 1. The maximum Gasteiger partial charge on any atom is 0.343 e. The van der Waals surface area contributed by atoms with Gasteiger partial charge in [-0.25, -0.2) is 9.78 Å². The highest BCUT2D eigenvalue weighted by Gasteiger charge is 2.21. The minimum Gasteiger partial charge on any atom is -0.462 e. The number of fused-ring (bicyclic) bond motifs is 1. The monoisotopic (exact) mass is 369 g/mol. The summed E-state index contributed by atoms with van der Waals surface area (Å²) in [6.45, 7) is 4.62. The minimum atomic E-state index is -0.471. The van der Waals surface area contributed by atoms with Gasteiger partial charge in [0.2, 0.25) is 0 Å². The summed E-state index contributed by atoms with van der Waals surface area (Å²) in [6, 6.07) is 11.6. The first-order valence-electron chi connectivity index (χ1n) is 8.30. The molecule has 3 rings (SSSR count). The van der Waals surface area contributed by atoms with Crippen LogP contribution in [0.15, 0.2) is 42.6 Å². The van der Waals surface area contributed by atoms with Crippen molar-refractivity contribution in [3.8, 4) is 5.82 Å². The van der Waals surface area contributed by atoms with E-state index in [2.05, 4.69) is 20.7 Å². The SMILES string of the molecule is CCNC(=S)Nc1c(C(=O)OCC)cnn1-c1ccc2ccccc2n1. The fraction of sp³-hybridized carbons (Fsp3) is 0.222. The van der Waals surface area contributed by atoms with E-state index >= 15 is 0 Å². The summed E-state index contributed by atoms with van der Waals surface area (Å²) in [5, 5.41) is 11.7. The largest absolute Gasteiger partial charge is 0.462 e. The van der Waals surface area contributed by atoms with Gasteiger partial charge in [0.05, 0.1) is 18.3 Å². The predicted octanol–water partition coefficient (Wildman–Crippen LogP) is 2.90. The number of carbonyl (C=O) groups is 1. The normalized spacial score (nSPS) is 10.5. The van der Waals surface area contributed by atoms with Crippen LogP contribution in [-0.4, -0.2) is 39.0 Å². The number of esters is 1. The van der Waals surface area contributed by atoms with Crippen LogP contribution in [0.4, 0.5) is 5.82 Å². The van der Waals surface area contributed by atoms with E-state index in [-0.39, 0.29) is 6.61 Å². The molecule has 2 aromatic heterocycles. The van der Waals surface area contributed by atoms with Gasteiger partial charge in [0.1, 0.15) is 5.56 Å². The van der Waals surface area contributed by atoms with Crippen molar-refractivity contribution >= 4 is 40.0 Å². The first-order chi connectivity index (χ1) is 12.6. The van der Waals surface area contributed by atoms with Crippen LogP contribution in [0.3, 0.4) is 0 Å². The predicted molar refractivity (Wildman–Crippen MR) is 105 cm³/mol. The van der Waals surface area contributed by atoms with Crippen molar-refractivity contribution < 1.29 is 9.53 Å². The van der Waals surface area contributed by atoms with Gasteiger partial charge >= 0.3 is 5.97 Å². The molecule has 2 N–H and O–H groups in total. The van der Waals surface area contributed by atoms with Gasteiger partial charge < -0.3 is 15.4 Å². The Hall–Kier alpha value is -3.00. The lowest BCUT2D eigenvalue weighted by Gasteiger charge is -2.13. The number of thiocarbonyl (C=S) groups is 1. The first kappa shape index (κ1) is 17.8. The van der Waals surface area contributed by atoms with Gasteiger partial charge in [0.15, 0.2) is 16.7 Å². The molecule has 0 atom stereocenters. The Kier molecular flexibility index (Phi) is 5.43. The lowest BCUT2D eigenvalue weighted by Crippen LogP contribution is -2.29. The van der Waals surface area contributed by atoms with Crippen molar-refractivity contribution in [2.45, 2.75) is 13.8 Å². The molecule has 0 radical (unpaired) electrons. The zero-order chi connectivity index (χ0) is 18.5. The Morgan fingerprint density at radius 1 is 1.23 bits per heavy atom. The fourth-order valence-corrected chi connectivity index (χ4v) is 2.73. The molecule has 1 aromatic carbocycles. The molecule has 134 valence electrons. The number of hydrogen-bond acceptors (Lipinski definition) is 5. The molecule has 0 aliphatic rings. The van der Waals surface area contributed by atoms with Gasteiger partial charge in [0.25, 0.3) is 0 Å². The van der Waals surface area contributed by atoms with Crippen molar-refractivity contribution in [3.63, 3.8) is 0 Å². The molecule has 0 bridgehead atoms. The standard InChI is InChI=1S/C18H19N5O2S/c1-3-19-18(26)22-16-13(17(24)25-4-2)11-20-23(16)15-10-9-12-7-5-6-8-14(12)21-15/h5-11H,3-4H2,1-2H3,(H2,19,22,26). The molecule has 2 heterocycles. The Morgan fingerprint density at radius 3 is 2.81 bits per heavy atom. The molecule has 0 saturated carbocycles. The van der Waals surface area contributed by atoms with Gasteiger partial charge in [0, 0.05) is 11.9 Å². The summed E-state index contributed by atoms with van der Waals surface area (Å²) in [5.41, 5.74) is 1.13. The number of para-hydroxylation sites is 1. The van der Waals surface area contributed by atoms with Gasteiger partial charge in [-0.15, -0.1) is 0 Å². The van der Waals surface area contributed by atoms with Crippen LogP contribution in [0.25, 0.3) is 16.7 Å². The zero-order valence-corrected chi connectivity index (χ0v) is 15.3. The van der Waals surface area contributed by atoms with Crippen molar-refractivity contribution in [1.29, 1.82) is 0 Å². The fourth-order valence-electron chi connectivity index (χ4n) is 2.49. The number of ether oxygens (including phenoxy) is 1. The molecule has 26 heavy (non-hydrogen) atoms. The number of nitrogens with zero attached hydrogens (tertiary/aromatic N) is 3. The molecule has 7 nitrogen and oxygen atoms in total. The number of carbonyl (C=O) groups excluding carboxylic acids is 1. The summed E-state index contributed by atoms with van der Waals surface area (Å²) < 4.78 is 6.66. The lowest BCUT2D eigenvalue weighted by atomic mass is 10.2. The molecular formula is C18H19N5O2S. The molecule has 0 aliphatic heterocycles. The minimum absolute atomic E-state index is 0.273. The highest BCUT2D eigenvalue weighted by Crippen LogP contribution is 2.22. The van der Waals surface area contributed by atoms with Crippen LogP contribution in [0.2, 0.25) is 0 Å². The van der Waals surface area contributed by atoms with Crippen LogP contribution >= 0.6 is 12.2 Å². The van der Waals surface area contributed by atoms with Crippen molar-refractivity contribution in [2.75, 3.05) is 18.5 Å². The maximum absolute atomic E-state index is 12.3. The van der Waals surface area contributed by atoms with E-state index in [1.54, 1.807) is 11.6 Å². The molecule has 0 saturated heterocycles.